The van der Waals surface area contributed by atoms with E-state index in [2.05, 4.69) is 115 Å². The van der Waals surface area contributed by atoms with Gasteiger partial charge in [-0.05, 0) is 38.8 Å². The van der Waals surface area contributed by atoms with Gasteiger partial charge in [0, 0.05) is 37.4 Å². The highest BCUT2D eigenvalue weighted by Gasteiger charge is 2.30. The van der Waals surface area contributed by atoms with E-state index in [-0.39, 0.29) is 49.3 Å². The molecule has 1 aliphatic rings. The molecule has 0 amide bonds. The van der Waals surface area contributed by atoms with Gasteiger partial charge in [0.15, 0.2) is 0 Å². The van der Waals surface area contributed by atoms with E-state index >= 15 is 0 Å². The number of nitrogens with one attached hydrogen (secondary N) is 1. The minimum Gasteiger partial charge on any atom is -0.342 e. The summed E-state index contributed by atoms with van der Waals surface area (Å²) in [6.07, 6.45) is 0. The van der Waals surface area contributed by atoms with E-state index in [0.717, 1.165) is 49.0 Å². The topological polar surface area (TPSA) is 35.2 Å². The molecule has 0 spiro atoms. The molecule has 4 nitrogen and oxygen atoms in total. The van der Waals surface area contributed by atoms with E-state index in [9.17, 15) is 0 Å². The largest absolute Gasteiger partial charge is 0.342 e. The van der Waals surface area contributed by atoms with Gasteiger partial charge in [0.2, 0.25) is 0 Å². The van der Waals surface area contributed by atoms with Crippen LogP contribution in [0.1, 0.15) is 52.6 Å². The molecule has 1 aromatic heterocycles. The second kappa shape index (κ2) is 14.2. The monoisotopic (exact) mass is 572 g/mol. The summed E-state index contributed by atoms with van der Waals surface area (Å²) in [6.45, 7) is 12.9. The number of aryl methyl sites for hydroxylation is 3. The first kappa shape index (κ1) is 31.9. The summed E-state index contributed by atoms with van der Waals surface area (Å²) < 4.78 is 0. The molecule has 0 radical (unpaired) electrons. The summed E-state index contributed by atoms with van der Waals surface area (Å²) in [5.74, 6) is 0.961. The molecule has 38 heavy (non-hydrogen) atoms. The van der Waals surface area contributed by atoms with Crippen molar-refractivity contribution in [2.75, 3.05) is 26.2 Å². The molecule has 0 bridgehead atoms. The number of aromatic nitrogens is 2. The quantitative estimate of drug-likeness (QED) is 0.256. The number of imidazole rings is 1. The molecule has 0 saturated carbocycles. The van der Waals surface area contributed by atoms with Crippen LogP contribution in [0.25, 0.3) is 11.4 Å². The molecule has 5 rings (SSSR count). The molecular weight excluding hydrogens is 535 g/mol. The van der Waals surface area contributed by atoms with Crippen molar-refractivity contribution in [1.29, 1.82) is 0 Å². The lowest BCUT2D eigenvalue weighted by Gasteiger charge is -2.41. The van der Waals surface area contributed by atoms with Gasteiger partial charge >= 0.3 is 0 Å². The summed E-state index contributed by atoms with van der Waals surface area (Å²) >= 11 is 0. The Balaban J connectivity index is 0.00000169. The second-order valence-corrected chi connectivity index (χ2v) is 9.93. The van der Waals surface area contributed by atoms with Crippen LogP contribution in [-0.2, 0) is 0 Å². The Kier molecular flexibility index (Phi) is 11.9. The van der Waals surface area contributed by atoms with Crippen LogP contribution in [0.4, 0.5) is 0 Å². The van der Waals surface area contributed by atoms with Crippen LogP contribution >= 0.6 is 37.2 Å². The van der Waals surface area contributed by atoms with Crippen molar-refractivity contribution < 1.29 is 0 Å². The van der Waals surface area contributed by atoms with Gasteiger partial charge in [-0.2, -0.15) is 0 Å². The maximum Gasteiger partial charge on any atom is 0.137 e. The van der Waals surface area contributed by atoms with Crippen LogP contribution in [0.3, 0.4) is 0 Å². The second-order valence-electron chi connectivity index (χ2n) is 9.93. The highest BCUT2D eigenvalue weighted by atomic mass is 35.5. The van der Waals surface area contributed by atoms with Crippen LogP contribution in [0.15, 0.2) is 78.9 Å². The number of hydrogen-bond donors (Lipinski definition) is 1. The number of piperazine rings is 1. The third kappa shape index (κ3) is 6.99. The molecule has 1 saturated heterocycles. The number of nitrogens with zero attached hydrogens (tertiary/aromatic N) is 3. The Morgan fingerprint density at radius 2 is 1.13 bits per heavy atom. The van der Waals surface area contributed by atoms with Crippen molar-refractivity contribution in [3.05, 3.63) is 113 Å². The van der Waals surface area contributed by atoms with E-state index in [1.54, 1.807) is 0 Å². The third-order valence-corrected chi connectivity index (χ3v) is 7.41. The van der Waals surface area contributed by atoms with Crippen LogP contribution in [0.2, 0.25) is 0 Å². The standard InChI is InChI=1S/C31H36N4.3ClH/c1-22-10-14-26(15-11-22)30(27-16-12-23(2)13-17-27)35-20-18-34(19-21-35)25(4)29-24(3)32-31(33-29)28-8-6-5-7-9-28;;;/h5-17,25,30H,18-21H2,1-4H3,(H,32,33);3*1H. The third-order valence-electron chi connectivity index (χ3n) is 7.41. The molecule has 7 heteroatoms. The highest BCUT2D eigenvalue weighted by molar-refractivity contribution is 5.86. The first-order valence-electron chi connectivity index (χ1n) is 12.7. The predicted molar refractivity (Wildman–Crippen MR) is 166 cm³/mol. The molecule has 1 atom stereocenters. The van der Waals surface area contributed by atoms with Gasteiger partial charge in [0.05, 0.1) is 17.8 Å². The summed E-state index contributed by atoms with van der Waals surface area (Å²) in [5, 5.41) is 0. The number of halogens is 3. The lowest BCUT2D eigenvalue weighted by molar-refractivity contribution is 0.0826. The number of aromatic amines is 1. The van der Waals surface area contributed by atoms with Crippen LogP contribution in [0.5, 0.6) is 0 Å². The molecule has 4 aromatic rings. The van der Waals surface area contributed by atoms with Gasteiger partial charge in [-0.25, -0.2) is 4.98 Å². The van der Waals surface area contributed by atoms with Gasteiger partial charge in [-0.15, -0.1) is 37.2 Å². The van der Waals surface area contributed by atoms with Crippen molar-refractivity contribution >= 4 is 37.2 Å². The van der Waals surface area contributed by atoms with E-state index in [1.807, 2.05) is 6.07 Å². The van der Waals surface area contributed by atoms with Gasteiger partial charge in [0.25, 0.3) is 0 Å². The lowest BCUT2D eigenvalue weighted by atomic mass is 9.95. The fourth-order valence-corrected chi connectivity index (χ4v) is 5.28. The molecule has 0 aliphatic carbocycles. The normalized spacial score (nSPS) is 14.8. The zero-order chi connectivity index (χ0) is 24.4. The summed E-state index contributed by atoms with van der Waals surface area (Å²) in [4.78, 5) is 13.7. The van der Waals surface area contributed by atoms with E-state index in [4.69, 9.17) is 4.98 Å². The smallest absolute Gasteiger partial charge is 0.137 e. The zero-order valence-electron chi connectivity index (χ0n) is 22.6. The van der Waals surface area contributed by atoms with Crippen molar-refractivity contribution in [3.8, 4) is 11.4 Å². The number of benzene rings is 3. The SMILES string of the molecule is Cc1ccc(C(c2ccc(C)cc2)N2CCN(C(C)c3nc(-c4ccccc4)[nH]c3C)CC2)cc1.Cl.Cl.Cl. The van der Waals surface area contributed by atoms with E-state index in [0.29, 0.717) is 0 Å². The Labute approximate surface area is 246 Å². The molecule has 2 heterocycles. The average Bonchev–Trinajstić information content (AvgIpc) is 3.28. The summed E-state index contributed by atoms with van der Waals surface area (Å²) in [6, 6.07) is 29.1. The summed E-state index contributed by atoms with van der Waals surface area (Å²) in [5.41, 5.74) is 8.81. The Morgan fingerprint density at radius 1 is 0.658 bits per heavy atom. The van der Waals surface area contributed by atoms with Gasteiger partial charge in [-0.1, -0.05) is 90.0 Å². The highest BCUT2D eigenvalue weighted by Crippen LogP contribution is 2.32. The lowest BCUT2D eigenvalue weighted by Crippen LogP contribution is -2.48. The number of rotatable bonds is 6. The number of hydrogen-bond acceptors (Lipinski definition) is 3. The zero-order valence-corrected chi connectivity index (χ0v) is 25.0. The minimum atomic E-state index is 0. The molecule has 1 N–H and O–H groups in total. The molecule has 1 aliphatic heterocycles. The predicted octanol–water partition coefficient (Wildman–Crippen LogP) is 7.74. The van der Waals surface area contributed by atoms with Crippen molar-refractivity contribution in [2.45, 2.75) is 39.8 Å². The van der Waals surface area contributed by atoms with E-state index in [1.165, 1.54) is 22.3 Å². The van der Waals surface area contributed by atoms with Gasteiger partial charge in [-0.3, -0.25) is 9.80 Å². The molecule has 3 aromatic carbocycles. The number of H-pyrrole nitrogens is 1. The van der Waals surface area contributed by atoms with E-state index < -0.39 is 0 Å². The molecular formula is C31H39Cl3N4. The first-order chi connectivity index (χ1) is 17.0. The summed E-state index contributed by atoms with van der Waals surface area (Å²) in [7, 11) is 0. The molecule has 204 valence electrons. The van der Waals surface area contributed by atoms with Crippen molar-refractivity contribution in [1.82, 2.24) is 19.8 Å². The fraction of sp³-hybridized carbons (Fsp3) is 0.323. The Morgan fingerprint density at radius 3 is 1.63 bits per heavy atom. The van der Waals surface area contributed by atoms with Gasteiger partial charge < -0.3 is 4.98 Å². The minimum absolute atomic E-state index is 0. The van der Waals surface area contributed by atoms with Crippen molar-refractivity contribution in [3.63, 3.8) is 0 Å². The maximum atomic E-state index is 5.01. The van der Waals surface area contributed by atoms with Crippen molar-refractivity contribution in [2.24, 2.45) is 0 Å². The van der Waals surface area contributed by atoms with Gasteiger partial charge in [0.1, 0.15) is 5.82 Å². The first-order valence-corrected chi connectivity index (χ1v) is 12.7. The van der Waals surface area contributed by atoms with Crippen LogP contribution in [-0.4, -0.2) is 45.9 Å². The maximum absolute atomic E-state index is 5.01. The molecule has 1 unspecified atom stereocenters. The Bertz CT molecular complexity index is 1200. The Hall–Kier alpha value is -2.34. The van der Waals surface area contributed by atoms with Crippen LogP contribution in [0, 0.1) is 20.8 Å². The average molecular weight is 574 g/mol. The fourth-order valence-electron chi connectivity index (χ4n) is 5.28. The molecule has 1 fully saturated rings. The van der Waals surface area contributed by atoms with Crippen LogP contribution < -0.4 is 0 Å².